The molecular formula is C9H21NO2S. The molecule has 0 aliphatic heterocycles. The van der Waals surface area contributed by atoms with Crippen LogP contribution in [0.5, 0.6) is 0 Å². The van der Waals surface area contributed by atoms with E-state index in [1.54, 1.807) is 11.8 Å². The highest BCUT2D eigenvalue weighted by Crippen LogP contribution is 2.08. The number of hydrogen-bond donors (Lipinski definition) is 3. The van der Waals surface area contributed by atoms with Crippen molar-refractivity contribution in [2.75, 3.05) is 18.1 Å². The van der Waals surface area contributed by atoms with Gasteiger partial charge in [0.15, 0.2) is 0 Å². The van der Waals surface area contributed by atoms with Crippen LogP contribution in [0.25, 0.3) is 0 Å². The Bertz CT molecular complexity index is 112. The predicted octanol–water partition coefficient (Wildman–Crippen LogP) is 0.590. The van der Waals surface area contributed by atoms with E-state index in [9.17, 15) is 0 Å². The van der Waals surface area contributed by atoms with Gasteiger partial charge in [-0.3, -0.25) is 0 Å². The van der Waals surface area contributed by atoms with Gasteiger partial charge in [-0.15, -0.1) is 0 Å². The van der Waals surface area contributed by atoms with Gasteiger partial charge >= 0.3 is 0 Å². The molecule has 0 saturated heterocycles. The number of thioether (sulfide) groups is 1. The summed E-state index contributed by atoms with van der Waals surface area (Å²) >= 11 is 1.69. The van der Waals surface area contributed by atoms with Crippen molar-refractivity contribution in [1.82, 2.24) is 0 Å². The summed E-state index contributed by atoms with van der Waals surface area (Å²) in [4.78, 5) is 0. The number of unbranched alkanes of at least 4 members (excludes halogenated alkanes) is 1. The van der Waals surface area contributed by atoms with Crippen LogP contribution in [0.4, 0.5) is 0 Å². The first-order valence-electron chi connectivity index (χ1n) is 4.79. The lowest BCUT2D eigenvalue weighted by atomic mass is 10.2. The molecule has 0 aromatic rings. The number of nitrogens with two attached hydrogens (primary N) is 1. The standard InChI is InChI=1S/C9H21NO2S/c1-8(10)4-2-3-5-13-7-9(12)6-11/h8-9,11-12H,2-7,10H2,1H3. The molecule has 0 heterocycles. The van der Waals surface area contributed by atoms with E-state index in [1.807, 2.05) is 6.92 Å². The van der Waals surface area contributed by atoms with Gasteiger partial charge < -0.3 is 15.9 Å². The summed E-state index contributed by atoms with van der Waals surface area (Å²) in [5.74, 6) is 1.68. The first kappa shape index (κ1) is 13.2. The molecule has 4 heteroatoms. The summed E-state index contributed by atoms with van der Waals surface area (Å²) < 4.78 is 0. The van der Waals surface area contributed by atoms with Gasteiger partial charge in [0.1, 0.15) is 0 Å². The molecule has 0 aliphatic rings. The Morgan fingerprint density at radius 1 is 1.38 bits per heavy atom. The van der Waals surface area contributed by atoms with E-state index in [0.717, 1.165) is 25.0 Å². The van der Waals surface area contributed by atoms with E-state index >= 15 is 0 Å². The molecular weight excluding hydrogens is 186 g/mol. The fourth-order valence-corrected chi connectivity index (χ4v) is 1.89. The molecule has 0 spiro atoms. The summed E-state index contributed by atoms with van der Waals surface area (Å²) in [5, 5.41) is 17.5. The normalized spacial score (nSPS) is 15.7. The molecule has 13 heavy (non-hydrogen) atoms. The summed E-state index contributed by atoms with van der Waals surface area (Å²) in [7, 11) is 0. The molecule has 0 radical (unpaired) electrons. The third-order valence-electron chi connectivity index (χ3n) is 1.72. The van der Waals surface area contributed by atoms with E-state index in [4.69, 9.17) is 15.9 Å². The Morgan fingerprint density at radius 2 is 2.08 bits per heavy atom. The molecule has 0 aromatic heterocycles. The fraction of sp³-hybridized carbons (Fsp3) is 1.00. The van der Waals surface area contributed by atoms with Gasteiger partial charge in [-0.05, 0) is 25.5 Å². The lowest BCUT2D eigenvalue weighted by Crippen LogP contribution is -2.15. The van der Waals surface area contributed by atoms with Crippen LogP contribution >= 0.6 is 11.8 Å². The van der Waals surface area contributed by atoms with Gasteiger partial charge in [-0.25, -0.2) is 0 Å². The zero-order valence-electron chi connectivity index (χ0n) is 8.28. The van der Waals surface area contributed by atoms with Gasteiger partial charge in [-0.1, -0.05) is 6.42 Å². The molecule has 80 valence electrons. The first-order valence-corrected chi connectivity index (χ1v) is 5.94. The molecule has 0 aromatic carbocycles. The van der Waals surface area contributed by atoms with Crippen LogP contribution in [0.1, 0.15) is 26.2 Å². The van der Waals surface area contributed by atoms with Crippen molar-refractivity contribution in [2.45, 2.75) is 38.3 Å². The van der Waals surface area contributed by atoms with E-state index in [-0.39, 0.29) is 6.61 Å². The van der Waals surface area contributed by atoms with Crippen molar-refractivity contribution in [1.29, 1.82) is 0 Å². The van der Waals surface area contributed by atoms with Crippen molar-refractivity contribution >= 4 is 11.8 Å². The molecule has 2 unspecified atom stereocenters. The van der Waals surface area contributed by atoms with Crippen LogP contribution < -0.4 is 5.73 Å². The van der Waals surface area contributed by atoms with E-state index < -0.39 is 6.10 Å². The summed E-state index contributed by atoms with van der Waals surface area (Å²) in [5.41, 5.74) is 5.60. The zero-order chi connectivity index (χ0) is 10.1. The van der Waals surface area contributed by atoms with Crippen LogP contribution in [-0.2, 0) is 0 Å². The van der Waals surface area contributed by atoms with Crippen LogP contribution in [0, 0.1) is 0 Å². The van der Waals surface area contributed by atoms with Crippen LogP contribution in [0.15, 0.2) is 0 Å². The van der Waals surface area contributed by atoms with Gasteiger partial charge in [0.05, 0.1) is 12.7 Å². The SMILES string of the molecule is CC(N)CCCCSCC(O)CO. The second-order valence-corrected chi connectivity index (χ2v) is 4.53. The van der Waals surface area contributed by atoms with Crippen molar-refractivity contribution in [3.63, 3.8) is 0 Å². The van der Waals surface area contributed by atoms with Crippen LogP contribution in [0.3, 0.4) is 0 Å². The molecule has 0 rings (SSSR count). The second kappa shape index (κ2) is 8.81. The molecule has 0 fully saturated rings. The monoisotopic (exact) mass is 207 g/mol. The van der Waals surface area contributed by atoms with Crippen molar-refractivity contribution in [2.24, 2.45) is 5.73 Å². The van der Waals surface area contributed by atoms with E-state index in [1.165, 1.54) is 0 Å². The van der Waals surface area contributed by atoms with E-state index in [0.29, 0.717) is 11.8 Å². The zero-order valence-corrected chi connectivity index (χ0v) is 9.09. The maximum absolute atomic E-state index is 9.01. The largest absolute Gasteiger partial charge is 0.394 e. The summed E-state index contributed by atoms with van der Waals surface area (Å²) in [6.07, 6.45) is 2.81. The van der Waals surface area contributed by atoms with Crippen molar-refractivity contribution < 1.29 is 10.2 Å². The molecule has 0 bridgehead atoms. The average Bonchev–Trinajstić information content (AvgIpc) is 2.10. The molecule has 0 saturated carbocycles. The third-order valence-corrected chi connectivity index (χ3v) is 2.92. The lowest BCUT2D eigenvalue weighted by Gasteiger charge is -2.07. The fourth-order valence-electron chi connectivity index (χ4n) is 0.943. The smallest absolute Gasteiger partial charge is 0.0861 e. The minimum Gasteiger partial charge on any atom is -0.394 e. The van der Waals surface area contributed by atoms with Gasteiger partial charge in [0, 0.05) is 11.8 Å². The van der Waals surface area contributed by atoms with Crippen molar-refractivity contribution in [3.05, 3.63) is 0 Å². The molecule has 0 aliphatic carbocycles. The Kier molecular flexibility index (Phi) is 8.97. The second-order valence-electron chi connectivity index (χ2n) is 3.38. The highest BCUT2D eigenvalue weighted by molar-refractivity contribution is 7.99. The third kappa shape index (κ3) is 10.1. The quantitative estimate of drug-likeness (QED) is 0.510. The van der Waals surface area contributed by atoms with Gasteiger partial charge in [-0.2, -0.15) is 11.8 Å². The van der Waals surface area contributed by atoms with Crippen LogP contribution in [-0.4, -0.2) is 40.5 Å². The first-order chi connectivity index (χ1) is 6.16. The maximum atomic E-state index is 9.01. The predicted molar refractivity (Wildman–Crippen MR) is 57.9 cm³/mol. The van der Waals surface area contributed by atoms with Gasteiger partial charge in [0.2, 0.25) is 0 Å². The highest BCUT2D eigenvalue weighted by atomic mass is 32.2. The molecule has 0 amide bonds. The van der Waals surface area contributed by atoms with Crippen molar-refractivity contribution in [3.8, 4) is 0 Å². The van der Waals surface area contributed by atoms with Gasteiger partial charge in [0.25, 0.3) is 0 Å². The number of rotatable bonds is 8. The minimum absolute atomic E-state index is 0.132. The molecule has 4 N–H and O–H groups in total. The topological polar surface area (TPSA) is 66.5 Å². The molecule has 2 atom stereocenters. The van der Waals surface area contributed by atoms with Crippen LogP contribution in [0.2, 0.25) is 0 Å². The Balaban J connectivity index is 2.99. The lowest BCUT2D eigenvalue weighted by molar-refractivity contribution is 0.113. The van der Waals surface area contributed by atoms with E-state index in [2.05, 4.69) is 0 Å². The Labute approximate surface area is 84.7 Å². The number of aliphatic hydroxyl groups excluding tert-OH is 2. The summed E-state index contributed by atoms with van der Waals surface area (Å²) in [6.45, 7) is 1.88. The Morgan fingerprint density at radius 3 is 2.62 bits per heavy atom. The minimum atomic E-state index is -0.557. The highest BCUT2D eigenvalue weighted by Gasteiger charge is 2.01. The summed E-state index contributed by atoms with van der Waals surface area (Å²) in [6, 6.07) is 0.299. The maximum Gasteiger partial charge on any atom is 0.0861 e. The number of aliphatic hydroxyl groups is 2. The Hall–Kier alpha value is 0.230. The molecule has 3 nitrogen and oxygen atoms in total. The number of hydrogen-bond acceptors (Lipinski definition) is 4. The average molecular weight is 207 g/mol.